The van der Waals surface area contributed by atoms with Gasteiger partial charge in [0.1, 0.15) is 0 Å². The van der Waals surface area contributed by atoms with Crippen LogP contribution in [0.3, 0.4) is 0 Å². The van der Waals surface area contributed by atoms with Crippen LogP contribution < -0.4 is 0 Å². The lowest BCUT2D eigenvalue weighted by molar-refractivity contribution is -0.252. The first-order valence-electron chi connectivity index (χ1n) is 4.95. The highest BCUT2D eigenvalue weighted by Crippen LogP contribution is 2.05. The summed E-state index contributed by atoms with van der Waals surface area (Å²) in [4.78, 5) is 0. The summed E-state index contributed by atoms with van der Waals surface area (Å²) < 4.78 is 9.83. The zero-order valence-corrected chi connectivity index (χ0v) is 9.46. The number of aliphatic hydroxyl groups is 2. The highest BCUT2D eigenvalue weighted by Gasteiger charge is 2.24. The molecular formula is C9H21NO5. The second kappa shape index (κ2) is 7.98. The molecule has 6 nitrogen and oxygen atoms in total. The maximum atomic E-state index is 9.54. The van der Waals surface area contributed by atoms with Crippen LogP contribution in [0.2, 0.25) is 0 Å². The van der Waals surface area contributed by atoms with Crippen LogP contribution in [-0.2, 0) is 9.47 Å². The summed E-state index contributed by atoms with van der Waals surface area (Å²) in [7, 11) is 1.46. The number of aliphatic hydroxyl groups excluding tert-OH is 2. The van der Waals surface area contributed by atoms with Crippen LogP contribution in [0.15, 0.2) is 0 Å². The second-order valence-corrected chi connectivity index (χ2v) is 3.32. The number of hydrogen-bond donors (Lipinski definition) is 3. The van der Waals surface area contributed by atoms with Gasteiger partial charge in [-0.15, -0.1) is 0 Å². The highest BCUT2D eigenvalue weighted by molar-refractivity contribution is 4.65. The molecule has 0 aliphatic heterocycles. The van der Waals surface area contributed by atoms with Crippen molar-refractivity contribution in [1.82, 2.24) is 5.06 Å². The summed E-state index contributed by atoms with van der Waals surface area (Å²) in [5.41, 5.74) is 0. The van der Waals surface area contributed by atoms with Crippen molar-refractivity contribution in [2.75, 3.05) is 26.9 Å². The maximum absolute atomic E-state index is 9.54. The van der Waals surface area contributed by atoms with E-state index < -0.39 is 18.4 Å². The molecule has 3 atom stereocenters. The molecule has 3 N–H and O–H groups in total. The SMILES string of the molecule is CCOC(C(C)O)N(O)CC(O)COC. The highest BCUT2D eigenvalue weighted by atomic mass is 16.6. The molecule has 6 heteroatoms. The predicted molar refractivity (Wildman–Crippen MR) is 53.5 cm³/mol. The summed E-state index contributed by atoms with van der Waals surface area (Å²) in [6, 6.07) is 0. The monoisotopic (exact) mass is 223 g/mol. The van der Waals surface area contributed by atoms with Crippen LogP contribution in [0.25, 0.3) is 0 Å². The summed E-state index contributed by atoms with van der Waals surface area (Å²) in [6.07, 6.45) is -2.49. The normalized spacial score (nSPS) is 17.8. The van der Waals surface area contributed by atoms with Crippen molar-refractivity contribution in [2.24, 2.45) is 0 Å². The van der Waals surface area contributed by atoms with Crippen molar-refractivity contribution in [3.05, 3.63) is 0 Å². The van der Waals surface area contributed by atoms with Gasteiger partial charge in [0.05, 0.1) is 25.4 Å². The number of hydroxylamine groups is 2. The number of hydrogen-bond acceptors (Lipinski definition) is 6. The van der Waals surface area contributed by atoms with E-state index in [-0.39, 0.29) is 13.2 Å². The smallest absolute Gasteiger partial charge is 0.158 e. The molecular weight excluding hydrogens is 202 g/mol. The van der Waals surface area contributed by atoms with Gasteiger partial charge in [0.2, 0.25) is 0 Å². The van der Waals surface area contributed by atoms with Gasteiger partial charge >= 0.3 is 0 Å². The number of rotatable bonds is 8. The minimum absolute atomic E-state index is 0.0383. The fourth-order valence-electron chi connectivity index (χ4n) is 1.21. The lowest BCUT2D eigenvalue weighted by Crippen LogP contribution is -2.46. The minimum Gasteiger partial charge on any atom is -0.389 e. The van der Waals surface area contributed by atoms with E-state index in [4.69, 9.17) is 9.47 Å². The van der Waals surface area contributed by atoms with Crippen molar-refractivity contribution in [1.29, 1.82) is 0 Å². The van der Waals surface area contributed by atoms with Crippen LogP contribution >= 0.6 is 0 Å². The van der Waals surface area contributed by atoms with Gasteiger partial charge in [-0.2, -0.15) is 5.06 Å². The van der Waals surface area contributed by atoms with E-state index in [1.165, 1.54) is 14.0 Å². The Bertz CT molecular complexity index is 155. The molecule has 0 bridgehead atoms. The molecule has 0 aromatic carbocycles. The Labute approximate surface area is 90.0 Å². The Morgan fingerprint density at radius 3 is 2.33 bits per heavy atom. The average Bonchev–Trinajstić information content (AvgIpc) is 2.13. The van der Waals surface area contributed by atoms with Crippen LogP contribution in [0, 0.1) is 0 Å². The third kappa shape index (κ3) is 6.03. The summed E-state index contributed by atoms with van der Waals surface area (Å²) >= 11 is 0. The van der Waals surface area contributed by atoms with E-state index in [9.17, 15) is 15.4 Å². The molecule has 92 valence electrons. The molecule has 0 saturated carbocycles. The zero-order chi connectivity index (χ0) is 11.8. The second-order valence-electron chi connectivity index (χ2n) is 3.32. The molecule has 0 saturated heterocycles. The van der Waals surface area contributed by atoms with E-state index >= 15 is 0 Å². The van der Waals surface area contributed by atoms with Crippen LogP contribution in [0.1, 0.15) is 13.8 Å². The van der Waals surface area contributed by atoms with Crippen molar-refractivity contribution >= 4 is 0 Å². The first kappa shape index (κ1) is 14.8. The lowest BCUT2D eigenvalue weighted by atomic mass is 10.3. The number of ether oxygens (including phenoxy) is 2. The maximum Gasteiger partial charge on any atom is 0.158 e. The molecule has 0 radical (unpaired) electrons. The Morgan fingerprint density at radius 2 is 1.93 bits per heavy atom. The van der Waals surface area contributed by atoms with Crippen molar-refractivity contribution in [2.45, 2.75) is 32.3 Å². The van der Waals surface area contributed by atoms with E-state index in [2.05, 4.69) is 0 Å². The Morgan fingerprint density at radius 1 is 1.33 bits per heavy atom. The molecule has 15 heavy (non-hydrogen) atoms. The summed E-state index contributed by atoms with van der Waals surface area (Å²) in [5.74, 6) is 0. The molecule has 0 rings (SSSR count). The summed E-state index contributed by atoms with van der Waals surface area (Å²) in [6.45, 7) is 3.72. The minimum atomic E-state index is -0.843. The van der Waals surface area contributed by atoms with Crippen molar-refractivity contribution in [3.63, 3.8) is 0 Å². The van der Waals surface area contributed by atoms with Gasteiger partial charge in [-0.3, -0.25) is 0 Å². The molecule has 0 spiro atoms. The van der Waals surface area contributed by atoms with Gasteiger partial charge in [-0.25, -0.2) is 0 Å². The first-order chi connectivity index (χ1) is 7.02. The van der Waals surface area contributed by atoms with Gasteiger partial charge in [-0.05, 0) is 13.8 Å². The summed E-state index contributed by atoms with van der Waals surface area (Å²) in [5, 5.41) is 29.0. The van der Waals surface area contributed by atoms with Crippen LogP contribution in [-0.4, -0.2) is 65.8 Å². The molecule has 0 aliphatic rings. The van der Waals surface area contributed by atoms with Crippen molar-refractivity contribution in [3.8, 4) is 0 Å². The van der Waals surface area contributed by atoms with Crippen molar-refractivity contribution < 1.29 is 24.9 Å². The molecule has 0 heterocycles. The molecule has 0 aromatic rings. The van der Waals surface area contributed by atoms with E-state index in [0.717, 1.165) is 5.06 Å². The topological polar surface area (TPSA) is 82.4 Å². The van der Waals surface area contributed by atoms with E-state index in [0.29, 0.717) is 6.61 Å². The third-order valence-electron chi connectivity index (χ3n) is 1.80. The molecule has 0 amide bonds. The third-order valence-corrected chi connectivity index (χ3v) is 1.80. The largest absolute Gasteiger partial charge is 0.389 e. The van der Waals surface area contributed by atoms with Crippen LogP contribution in [0.4, 0.5) is 0 Å². The molecule has 0 fully saturated rings. The van der Waals surface area contributed by atoms with Gasteiger partial charge in [0.15, 0.2) is 6.23 Å². The molecule has 3 unspecified atom stereocenters. The van der Waals surface area contributed by atoms with Gasteiger partial charge in [0, 0.05) is 13.7 Å². The molecule has 0 aromatic heterocycles. The number of nitrogens with zero attached hydrogens (tertiary/aromatic N) is 1. The quantitative estimate of drug-likeness (QED) is 0.377. The predicted octanol–water partition coefficient (Wildman–Crippen LogP) is -0.572. The zero-order valence-electron chi connectivity index (χ0n) is 9.46. The Kier molecular flexibility index (Phi) is 7.85. The molecule has 0 aliphatic carbocycles. The van der Waals surface area contributed by atoms with Crippen LogP contribution in [0.5, 0.6) is 0 Å². The Hall–Kier alpha value is -0.240. The van der Waals surface area contributed by atoms with Gasteiger partial charge in [0.25, 0.3) is 0 Å². The van der Waals surface area contributed by atoms with Gasteiger partial charge in [-0.1, -0.05) is 0 Å². The fraction of sp³-hybridized carbons (Fsp3) is 1.00. The standard InChI is InChI=1S/C9H21NO5/c1-4-15-9(7(2)11)10(13)5-8(12)6-14-3/h7-9,11-13H,4-6H2,1-3H3. The average molecular weight is 223 g/mol. The Balaban J connectivity index is 4.06. The number of methoxy groups -OCH3 is 1. The van der Waals surface area contributed by atoms with E-state index in [1.807, 2.05) is 0 Å². The van der Waals surface area contributed by atoms with Gasteiger partial charge < -0.3 is 24.9 Å². The fourth-order valence-corrected chi connectivity index (χ4v) is 1.21. The first-order valence-corrected chi connectivity index (χ1v) is 4.95. The lowest BCUT2D eigenvalue weighted by Gasteiger charge is -2.29. The van der Waals surface area contributed by atoms with E-state index in [1.54, 1.807) is 6.92 Å².